The Hall–Kier alpha value is -2.16. The molecule has 0 aromatic heterocycles. The van der Waals surface area contributed by atoms with Crippen molar-refractivity contribution in [3.63, 3.8) is 0 Å². The molecule has 0 fully saturated rings. The largest absolute Gasteiger partial charge is 0.457 e. The molecule has 0 unspecified atom stereocenters. The molecule has 1 rings (SSSR count). The Labute approximate surface area is 164 Å². The molecule has 0 saturated carbocycles. The molecule has 0 aromatic rings. The Morgan fingerprint density at radius 2 is 1.74 bits per heavy atom. The van der Waals surface area contributed by atoms with E-state index in [0.29, 0.717) is 6.42 Å². The number of Topliss-reactive ketones (excluding diaryl/α,β-unsaturated/α-hetero) is 1. The van der Waals surface area contributed by atoms with Crippen molar-refractivity contribution in [2.75, 3.05) is 0 Å². The van der Waals surface area contributed by atoms with Gasteiger partial charge in [0.1, 0.15) is 5.60 Å². The molecule has 3 heteroatoms. The van der Waals surface area contributed by atoms with Gasteiger partial charge in [0.2, 0.25) is 0 Å². The van der Waals surface area contributed by atoms with E-state index in [0.717, 1.165) is 28.7 Å². The van der Waals surface area contributed by atoms with Crippen LogP contribution in [0.5, 0.6) is 0 Å². The first-order valence-corrected chi connectivity index (χ1v) is 9.51. The number of ether oxygens (including phenoxy) is 1. The number of ketones is 1. The molecule has 0 atom stereocenters. The van der Waals surface area contributed by atoms with Gasteiger partial charge in [-0.25, -0.2) is 4.79 Å². The lowest BCUT2D eigenvalue weighted by Gasteiger charge is -2.32. The standard InChI is InChI=1S/C24H34O3/c1-17(10-9-11-18(2)16-22(26)27-23(4,5)6)12-13-20-19(3)21(25)14-15-24(20,7)8/h9-13,16H,14-15H2,1-8H3. The second-order valence-corrected chi connectivity index (χ2v) is 8.87. The summed E-state index contributed by atoms with van der Waals surface area (Å²) in [5.74, 6) is -0.0877. The van der Waals surface area contributed by atoms with Gasteiger partial charge in [0.25, 0.3) is 0 Å². The van der Waals surface area contributed by atoms with E-state index in [9.17, 15) is 9.59 Å². The summed E-state index contributed by atoms with van der Waals surface area (Å²) < 4.78 is 5.27. The summed E-state index contributed by atoms with van der Waals surface area (Å²) in [5, 5.41) is 0. The molecule has 0 amide bonds. The second-order valence-electron chi connectivity index (χ2n) is 8.87. The summed E-state index contributed by atoms with van der Waals surface area (Å²) in [5.41, 5.74) is 3.44. The molecule has 0 aliphatic heterocycles. The summed E-state index contributed by atoms with van der Waals surface area (Å²) in [4.78, 5) is 23.8. The maximum absolute atomic E-state index is 12.0. The van der Waals surface area contributed by atoms with Crippen molar-refractivity contribution in [3.05, 3.63) is 58.7 Å². The van der Waals surface area contributed by atoms with Gasteiger partial charge in [-0.2, -0.15) is 0 Å². The molecular formula is C24H34O3. The van der Waals surface area contributed by atoms with E-state index in [2.05, 4.69) is 19.9 Å². The molecular weight excluding hydrogens is 336 g/mol. The molecule has 3 nitrogen and oxygen atoms in total. The zero-order chi connectivity index (χ0) is 20.8. The number of allylic oxidation sites excluding steroid dienone is 9. The normalized spacial score (nSPS) is 19.3. The average Bonchev–Trinajstić information content (AvgIpc) is 2.49. The molecule has 0 saturated heterocycles. The first kappa shape index (κ1) is 22.9. The van der Waals surface area contributed by atoms with Crippen molar-refractivity contribution in [1.29, 1.82) is 0 Å². The van der Waals surface area contributed by atoms with E-state index in [-0.39, 0.29) is 17.2 Å². The molecule has 0 radical (unpaired) electrons. The third-order valence-electron chi connectivity index (χ3n) is 4.51. The second kappa shape index (κ2) is 9.16. The fraction of sp³-hybridized carbons (Fsp3) is 0.500. The predicted octanol–water partition coefficient (Wildman–Crippen LogP) is 6.04. The van der Waals surface area contributed by atoms with Crippen LogP contribution in [0.25, 0.3) is 0 Å². The highest BCUT2D eigenvalue weighted by molar-refractivity contribution is 5.97. The van der Waals surface area contributed by atoms with E-state index < -0.39 is 5.60 Å². The van der Waals surface area contributed by atoms with Crippen molar-refractivity contribution >= 4 is 11.8 Å². The molecule has 0 aromatic carbocycles. The molecule has 27 heavy (non-hydrogen) atoms. The van der Waals surface area contributed by atoms with Crippen LogP contribution in [-0.4, -0.2) is 17.4 Å². The minimum Gasteiger partial charge on any atom is -0.457 e. The number of hydrogen-bond donors (Lipinski definition) is 0. The Bertz CT molecular complexity index is 732. The Balaban J connectivity index is 2.81. The monoisotopic (exact) mass is 370 g/mol. The number of esters is 1. The molecule has 0 N–H and O–H groups in total. The third kappa shape index (κ3) is 7.94. The summed E-state index contributed by atoms with van der Waals surface area (Å²) in [6.45, 7) is 15.7. The van der Waals surface area contributed by atoms with Crippen LogP contribution in [0.15, 0.2) is 58.7 Å². The number of carbonyl (C=O) groups excluding carboxylic acids is 2. The highest BCUT2D eigenvalue weighted by atomic mass is 16.6. The fourth-order valence-electron chi connectivity index (χ4n) is 2.94. The molecule has 0 heterocycles. The van der Waals surface area contributed by atoms with Crippen LogP contribution in [-0.2, 0) is 14.3 Å². The van der Waals surface area contributed by atoms with Crippen LogP contribution < -0.4 is 0 Å². The predicted molar refractivity (Wildman–Crippen MR) is 112 cm³/mol. The SMILES string of the molecule is CC(C=CC1=C(C)C(=O)CCC1(C)C)=CC=CC(C)=CC(=O)OC(C)(C)C. The van der Waals surface area contributed by atoms with Gasteiger partial charge in [-0.3, -0.25) is 4.79 Å². The lowest BCUT2D eigenvalue weighted by Crippen LogP contribution is -2.24. The van der Waals surface area contributed by atoms with Gasteiger partial charge in [0.15, 0.2) is 5.78 Å². The lowest BCUT2D eigenvalue weighted by atomic mass is 9.72. The van der Waals surface area contributed by atoms with Gasteiger partial charge in [-0.1, -0.05) is 49.8 Å². The first-order chi connectivity index (χ1) is 12.3. The van der Waals surface area contributed by atoms with Crippen LogP contribution in [0.2, 0.25) is 0 Å². The van der Waals surface area contributed by atoms with E-state index in [1.54, 1.807) is 0 Å². The number of hydrogen-bond acceptors (Lipinski definition) is 3. The topological polar surface area (TPSA) is 43.4 Å². The Morgan fingerprint density at radius 3 is 2.33 bits per heavy atom. The summed E-state index contributed by atoms with van der Waals surface area (Å²) in [6.07, 6.45) is 12.9. The van der Waals surface area contributed by atoms with Gasteiger partial charge in [-0.15, -0.1) is 0 Å². The molecule has 0 spiro atoms. The van der Waals surface area contributed by atoms with Gasteiger partial charge in [-0.05, 0) is 70.1 Å². The molecule has 1 aliphatic rings. The van der Waals surface area contributed by atoms with Crippen LogP contribution in [0, 0.1) is 5.41 Å². The van der Waals surface area contributed by atoms with Gasteiger partial charge < -0.3 is 4.74 Å². The van der Waals surface area contributed by atoms with Crippen LogP contribution >= 0.6 is 0 Å². The van der Waals surface area contributed by atoms with E-state index in [1.807, 2.05) is 65.8 Å². The quantitative estimate of drug-likeness (QED) is 0.337. The van der Waals surface area contributed by atoms with Crippen molar-refractivity contribution in [2.45, 2.75) is 73.8 Å². The highest BCUT2D eigenvalue weighted by Crippen LogP contribution is 2.39. The summed E-state index contributed by atoms with van der Waals surface area (Å²) in [7, 11) is 0. The van der Waals surface area contributed by atoms with Crippen LogP contribution in [0.1, 0.15) is 68.2 Å². The van der Waals surface area contributed by atoms with Crippen molar-refractivity contribution in [2.24, 2.45) is 5.41 Å². The minimum atomic E-state index is -0.486. The maximum Gasteiger partial charge on any atom is 0.331 e. The molecule has 1 aliphatic carbocycles. The smallest absolute Gasteiger partial charge is 0.331 e. The van der Waals surface area contributed by atoms with Crippen LogP contribution in [0.3, 0.4) is 0 Å². The maximum atomic E-state index is 12.0. The van der Waals surface area contributed by atoms with Gasteiger partial charge >= 0.3 is 5.97 Å². The summed E-state index contributed by atoms with van der Waals surface area (Å²) in [6, 6.07) is 0. The molecule has 0 bridgehead atoms. The number of carbonyl (C=O) groups is 2. The lowest BCUT2D eigenvalue weighted by molar-refractivity contribution is -0.148. The van der Waals surface area contributed by atoms with E-state index in [1.165, 1.54) is 6.08 Å². The Morgan fingerprint density at radius 1 is 1.11 bits per heavy atom. The Kier molecular flexibility index (Phi) is 7.77. The van der Waals surface area contributed by atoms with E-state index >= 15 is 0 Å². The zero-order valence-corrected chi connectivity index (χ0v) is 18.1. The van der Waals surface area contributed by atoms with Crippen LogP contribution in [0.4, 0.5) is 0 Å². The average molecular weight is 371 g/mol. The minimum absolute atomic E-state index is 0.0252. The van der Waals surface area contributed by atoms with E-state index in [4.69, 9.17) is 4.74 Å². The molecule has 148 valence electrons. The summed E-state index contributed by atoms with van der Waals surface area (Å²) >= 11 is 0. The van der Waals surface area contributed by atoms with Crippen molar-refractivity contribution in [3.8, 4) is 0 Å². The van der Waals surface area contributed by atoms with Gasteiger partial charge in [0, 0.05) is 12.5 Å². The van der Waals surface area contributed by atoms with Gasteiger partial charge in [0.05, 0.1) is 0 Å². The van der Waals surface area contributed by atoms with Crippen molar-refractivity contribution in [1.82, 2.24) is 0 Å². The highest BCUT2D eigenvalue weighted by Gasteiger charge is 2.30. The zero-order valence-electron chi connectivity index (χ0n) is 18.1. The third-order valence-corrected chi connectivity index (χ3v) is 4.51. The first-order valence-electron chi connectivity index (χ1n) is 9.51. The van der Waals surface area contributed by atoms with Crippen molar-refractivity contribution < 1.29 is 14.3 Å². The fourth-order valence-corrected chi connectivity index (χ4v) is 2.94. The number of rotatable bonds is 5.